The van der Waals surface area contributed by atoms with E-state index in [-0.39, 0.29) is 11.7 Å². The second-order valence-electron chi connectivity index (χ2n) is 5.15. The van der Waals surface area contributed by atoms with Gasteiger partial charge in [0.1, 0.15) is 5.00 Å². The Morgan fingerprint density at radius 3 is 2.67 bits per heavy atom. The second kappa shape index (κ2) is 7.85. The van der Waals surface area contributed by atoms with Crippen LogP contribution < -0.4 is 11.1 Å². The number of nitrogens with one attached hydrogen (secondary N) is 1. The normalized spacial score (nSPS) is 13.5. The summed E-state index contributed by atoms with van der Waals surface area (Å²) >= 11 is 5.81. The molecule has 0 atom stereocenters. The van der Waals surface area contributed by atoms with Crippen LogP contribution in [0.2, 0.25) is 0 Å². The van der Waals surface area contributed by atoms with Crippen LogP contribution in [-0.2, 0) is 17.6 Å². The first-order valence-corrected chi connectivity index (χ1v) is 11.2. The van der Waals surface area contributed by atoms with Gasteiger partial charge in [-0.3, -0.25) is 9.59 Å². The van der Waals surface area contributed by atoms with Crippen molar-refractivity contribution in [3.63, 3.8) is 0 Å². The summed E-state index contributed by atoms with van der Waals surface area (Å²) in [5.74, 6) is -0.405. The van der Waals surface area contributed by atoms with Crippen molar-refractivity contribution in [3.05, 3.63) is 16.0 Å². The zero-order chi connectivity index (χ0) is 17.1. The first-order chi connectivity index (χ1) is 11.6. The lowest BCUT2D eigenvalue weighted by Gasteiger charge is -2.11. The third-order valence-corrected chi connectivity index (χ3v) is 7.80. The monoisotopic (exact) mass is 400 g/mol. The molecule has 2 heterocycles. The maximum Gasteiger partial charge on any atom is 0.251 e. The molecular weight excluding hydrogens is 384 g/mol. The minimum Gasteiger partial charge on any atom is -0.365 e. The summed E-state index contributed by atoms with van der Waals surface area (Å²) in [6, 6.07) is 0. The minimum absolute atomic E-state index is 0.165. The number of nitrogens with zero attached hydrogens (tertiary/aromatic N) is 2. The van der Waals surface area contributed by atoms with Crippen molar-refractivity contribution >= 4 is 63.0 Å². The number of aromatic nitrogens is 2. The maximum absolute atomic E-state index is 12.2. The van der Waals surface area contributed by atoms with E-state index in [1.165, 1.54) is 51.1 Å². The molecule has 1 aliphatic carbocycles. The Kier molecular flexibility index (Phi) is 5.80. The summed E-state index contributed by atoms with van der Waals surface area (Å²) in [4.78, 5) is 25.2. The molecule has 0 unspecified atom stereocenters. The van der Waals surface area contributed by atoms with E-state index >= 15 is 0 Å². The Morgan fingerprint density at radius 2 is 1.96 bits per heavy atom. The summed E-state index contributed by atoms with van der Waals surface area (Å²) in [5.41, 5.74) is 7.05. The first-order valence-electron chi connectivity index (χ1n) is 7.33. The van der Waals surface area contributed by atoms with Crippen LogP contribution >= 0.6 is 46.2 Å². The van der Waals surface area contributed by atoms with E-state index in [1.54, 1.807) is 0 Å². The van der Waals surface area contributed by atoms with Gasteiger partial charge in [0.25, 0.3) is 5.91 Å². The molecule has 0 saturated heterocycles. The fourth-order valence-electron chi connectivity index (χ4n) is 2.54. The fourth-order valence-corrected chi connectivity index (χ4v) is 6.09. The SMILES string of the molecule is CSc1nnc(SCC(=O)Nc2sc3c(c2C(N)=O)CCCC3)s1. The standard InChI is InChI=1S/C14H16N4O2S4/c1-21-13-17-18-14(24-13)22-6-9(19)16-12-10(11(15)20)7-4-2-3-5-8(7)23-12/h2-6H2,1H3,(H2,15,20)(H,16,19). The summed E-state index contributed by atoms with van der Waals surface area (Å²) in [6.07, 6.45) is 5.92. The van der Waals surface area contributed by atoms with E-state index in [4.69, 9.17) is 5.73 Å². The van der Waals surface area contributed by atoms with Crippen LogP contribution in [-0.4, -0.2) is 34.0 Å². The fraction of sp³-hybridized carbons (Fsp3) is 0.429. The summed E-state index contributed by atoms with van der Waals surface area (Å²) < 4.78 is 1.63. The van der Waals surface area contributed by atoms with Crippen molar-refractivity contribution in [2.75, 3.05) is 17.3 Å². The van der Waals surface area contributed by atoms with E-state index in [9.17, 15) is 9.59 Å². The molecule has 0 saturated carbocycles. The third kappa shape index (κ3) is 3.93. The van der Waals surface area contributed by atoms with Gasteiger partial charge < -0.3 is 11.1 Å². The number of rotatable bonds is 6. The van der Waals surface area contributed by atoms with Gasteiger partial charge in [0, 0.05) is 4.88 Å². The Morgan fingerprint density at radius 1 is 1.21 bits per heavy atom. The molecule has 3 N–H and O–H groups in total. The van der Waals surface area contributed by atoms with Gasteiger partial charge in [-0.2, -0.15) is 0 Å². The number of hydrogen-bond donors (Lipinski definition) is 2. The number of aryl methyl sites for hydroxylation is 1. The molecule has 0 aromatic carbocycles. The number of anilines is 1. The highest BCUT2D eigenvalue weighted by Gasteiger charge is 2.25. The molecule has 1 aliphatic rings. The van der Waals surface area contributed by atoms with Gasteiger partial charge in [-0.25, -0.2) is 0 Å². The number of fused-ring (bicyclic) bond motifs is 1. The largest absolute Gasteiger partial charge is 0.365 e. The highest BCUT2D eigenvalue weighted by molar-refractivity contribution is 8.03. The Bertz CT molecular complexity index is 771. The topological polar surface area (TPSA) is 98.0 Å². The van der Waals surface area contributed by atoms with E-state index in [2.05, 4.69) is 15.5 Å². The van der Waals surface area contributed by atoms with E-state index in [1.807, 2.05) is 6.26 Å². The smallest absolute Gasteiger partial charge is 0.251 e. The molecular formula is C14H16N4O2S4. The van der Waals surface area contributed by atoms with Gasteiger partial charge >= 0.3 is 0 Å². The maximum atomic E-state index is 12.2. The average molecular weight is 401 g/mol. The summed E-state index contributed by atoms with van der Waals surface area (Å²) in [7, 11) is 0. The summed E-state index contributed by atoms with van der Waals surface area (Å²) in [6.45, 7) is 0. The van der Waals surface area contributed by atoms with E-state index in [0.29, 0.717) is 10.6 Å². The summed E-state index contributed by atoms with van der Waals surface area (Å²) in [5, 5.41) is 11.5. The zero-order valence-corrected chi connectivity index (χ0v) is 16.2. The Hall–Kier alpha value is -1.10. The zero-order valence-electron chi connectivity index (χ0n) is 13.0. The van der Waals surface area contributed by atoms with E-state index < -0.39 is 5.91 Å². The molecule has 6 nitrogen and oxygen atoms in total. The quantitative estimate of drug-likeness (QED) is 0.723. The Balaban J connectivity index is 1.67. The minimum atomic E-state index is -0.467. The molecule has 24 heavy (non-hydrogen) atoms. The number of thioether (sulfide) groups is 2. The van der Waals surface area contributed by atoms with Crippen molar-refractivity contribution in [1.82, 2.24) is 10.2 Å². The molecule has 10 heteroatoms. The van der Waals surface area contributed by atoms with Gasteiger partial charge in [0.2, 0.25) is 5.91 Å². The second-order valence-corrected chi connectivity index (χ2v) is 9.51. The molecule has 0 spiro atoms. The third-order valence-electron chi connectivity index (χ3n) is 3.56. The van der Waals surface area contributed by atoms with Crippen molar-refractivity contribution in [1.29, 1.82) is 0 Å². The lowest BCUT2D eigenvalue weighted by atomic mass is 9.95. The van der Waals surface area contributed by atoms with Gasteiger partial charge in [-0.1, -0.05) is 34.9 Å². The highest BCUT2D eigenvalue weighted by atomic mass is 32.2. The van der Waals surface area contributed by atoms with Crippen LogP contribution in [0.1, 0.15) is 33.6 Å². The molecule has 2 aromatic rings. The van der Waals surface area contributed by atoms with Gasteiger partial charge in [-0.05, 0) is 37.5 Å². The number of nitrogens with two attached hydrogens (primary N) is 1. The van der Waals surface area contributed by atoms with Crippen molar-refractivity contribution < 1.29 is 9.59 Å². The van der Waals surface area contributed by atoms with Crippen LogP contribution in [0.3, 0.4) is 0 Å². The van der Waals surface area contributed by atoms with Crippen molar-refractivity contribution in [2.45, 2.75) is 34.4 Å². The van der Waals surface area contributed by atoms with Crippen LogP contribution in [0.4, 0.5) is 5.00 Å². The molecule has 2 aromatic heterocycles. The van der Waals surface area contributed by atoms with Crippen LogP contribution in [0.25, 0.3) is 0 Å². The predicted molar refractivity (Wildman–Crippen MR) is 101 cm³/mol. The van der Waals surface area contributed by atoms with E-state index in [0.717, 1.165) is 39.9 Å². The van der Waals surface area contributed by atoms with Crippen LogP contribution in [0.15, 0.2) is 8.68 Å². The van der Waals surface area contributed by atoms with Crippen LogP contribution in [0.5, 0.6) is 0 Å². The van der Waals surface area contributed by atoms with Crippen molar-refractivity contribution in [3.8, 4) is 0 Å². The van der Waals surface area contributed by atoms with Crippen LogP contribution in [0, 0.1) is 0 Å². The number of hydrogen-bond acceptors (Lipinski definition) is 8. The van der Waals surface area contributed by atoms with Gasteiger partial charge in [0.15, 0.2) is 8.68 Å². The number of primary amides is 1. The highest BCUT2D eigenvalue weighted by Crippen LogP contribution is 2.38. The Labute approximate surface area is 156 Å². The molecule has 128 valence electrons. The molecule has 0 aliphatic heterocycles. The molecule has 3 rings (SSSR count). The molecule has 0 fully saturated rings. The number of amides is 2. The molecule has 2 amide bonds. The molecule has 0 radical (unpaired) electrons. The van der Waals surface area contributed by atoms with Crippen molar-refractivity contribution in [2.24, 2.45) is 5.73 Å². The average Bonchev–Trinajstić information content (AvgIpc) is 3.16. The predicted octanol–water partition coefficient (Wildman–Crippen LogP) is 3.03. The number of thiophene rings is 1. The van der Waals surface area contributed by atoms with Gasteiger partial charge in [-0.15, -0.1) is 21.5 Å². The number of carbonyl (C=O) groups is 2. The molecule has 0 bridgehead atoms. The number of carbonyl (C=O) groups excluding carboxylic acids is 2. The first kappa shape index (κ1) is 17.7. The lowest BCUT2D eigenvalue weighted by Crippen LogP contribution is -2.19. The lowest BCUT2D eigenvalue weighted by molar-refractivity contribution is -0.113. The van der Waals surface area contributed by atoms with Gasteiger partial charge in [0.05, 0.1) is 11.3 Å².